The van der Waals surface area contributed by atoms with E-state index in [1.807, 2.05) is 13.2 Å². The quantitative estimate of drug-likeness (QED) is 0.739. The fourth-order valence-electron chi connectivity index (χ4n) is 3.24. The number of nitrogens with zero attached hydrogens (tertiary/aromatic N) is 4. The van der Waals surface area contributed by atoms with Crippen LogP contribution in [-0.2, 0) is 20.0 Å². The zero-order valence-corrected chi connectivity index (χ0v) is 13.8. The van der Waals surface area contributed by atoms with Gasteiger partial charge < -0.3 is 4.90 Å². The molecule has 0 aliphatic carbocycles. The van der Waals surface area contributed by atoms with Crippen molar-refractivity contribution in [1.29, 1.82) is 0 Å². The van der Waals surface area contributed by atoms with E-state index in [1.165, 1.54) is 12.1 Å². The third-order valence-corrected chi connectivity index (χ3v) is 4.47. The molecule has 1 aliphatic rings. The first kappa shape index (κ1) is 15.5. The van der Waals surface area contributed by atoms with E-state index in [2.05, 4.69) is 10.1 Å². The van der Waals surface area contributed by atoms with E-state index in [4.69, 9.17) is 0 Å². The number of fused-ring (bicyclic) bond motifs is 1. The Morgan fingerprint density at radius 1 is 1.24 bits per heavy atom. The standard InChI is InChI=1S/C19H17FN4O/c1-23-11-14(10-22-23)16-5-4-15(20)9-13(16)12-24-8-6-18-17(19(24)25)3-2-7-21-18/h2-5,7,9-11H,6,8,12H2,1H3. The summed E-state index contributed by atoms with van der Waals surface area (Å²) in [5, 5.41) is 4.18. The van der Waals surface area contributed by atoms with E-state index < -0.39 is 0 Å². The number of amides is 1. The average molecular weight is 336 g/mol. The molecule has 0 radical (unpaired) electrons. The number of aromatic nitrogens is 3. The Balaban J connectivity index is 1.67. The van der Waals surface area contributed by atoms with Gasteiger partial charge in [0.25, 0.3) is 5.91 Å². The van der Waals surface area contributed by atoms with Crippen LogP contribution in [0.15, 0.2) is 48.9 Å². The molecule has 0 atom stereocenters. The molecule has 1 aromatic carbocycles. The number of benzene rings is 1. The molecule has 3 heterocycles. The van der Waals surface area contributed by atoms with Gasteiger partial charge in [-0.25, -0.2) is 4.39 Å². The summed E-state index contributed by atoms with van der Waals surface area (Å²) in [7, 11) is 1.84. The van der Waals surface area contributed by atoms with E-state index in [1.54, 1.807) is 40.2 Å². The van der Waals surface area contributed by atoms with E-state index in [-0.39, 0.29) is 11.7 Å². The highest BCUT2D eigenvalue weighted by atomic mass is 19.1. The van der Waals surface area contributed by atoms with E-state index in [9.17, 15) is 9.18 Å². The van der Waals surface area contributed by atoms with Crippen LogP contribution >= 0.6 is 0 Å². The number of carbonyl (C=O) groups excluding carboxylic acids is 1. The van der Waals surface area contributed by atoms with E-state index in [0.717, 1.165) is 22.4 Å². The van der Waals surface area contributed by atoms with Crippen LogP contribution in [0.4, 0.5) is 4.39 Å². The molecule has 1 amide bonds. The Morgan fingerprint density at radius 3 is 2.92 bits per heavy atom. The molecule has 0 bridgehead atoms. The van der Waals surface area contributed by atoms with Crippen molar-refractivity contribution in [3.63, 3.8) is 0 Å². The SMILES string of the molecule is Cn1cc(-c2ccc(F)cc2CN2CCc3ncccc3C2=O)cn1. The number of carbonyl (C=O) groups is 1. The molecule has 126 valence electrons. The second-order valence-electron chi connectivity index (χ2n) is 6.18. The lowest BCUT2D eigenvalue weighted by molar-refractivity contribution is 0.0725. The zero-order valence-electron chi connectivity index (χ0n) is 13.8. The highest BCUT2D eigenvalue weighted by Crippen LogP contribution is 2.27. The zero-order chi connectivity index (χ0) is 17.4. The second-order valence-corrected chi connectivity index (χ2v) is 6.18. The van der Waals surface area contributed by atoms with Gasteiger partial charge in [-0.15, -0.1) is 0 Å². The summed E-state index contributed by atoms with van der Waals surface area (Å²) < 4.78 is 15.5. The Bertz CT molecular complexity index is 950. The molecule has 0 saturated carbocycles. The van der Waals surface area contributed by atoms with Crippen molar-refractivity contribution in [2.24, 2.45) is 7.05 Å². The summed E-state index contributed by atoms with van der Waals surface area (Å²) in [5.74, 6) is -0.370. The largest absolute Gasteiger partial charge is 0.334 e. The minimum absolute atomic E-state index is 0.0595. The number of pyridine rings is 1. The highest BCUT2D eigenvalue weighted by Gasteiger charge is 2.25. The first-order valence-corrected chi connectivity index (χ1v) is 8.12. The smallest absolute Gasteiger partial charge is 0.256 e. The van der Waals surface area contributed by atoms with Crippen LogP contribution in [0.5, 0.6) is 0 Å². The maximum atomic E-state index is 13.8. The van der Waals surface area contributed by atoms with E-state index in [0.29, 0.717) is 25.1 Å². The lowest BCUT2D eigenvalue weighted by Gasteiger charge is -2.28. The Labute approximate surface area is 144 Å². The Morgan fingerprint density at radius 2 is 2.12 bits per heavy atom. The number of halogens is 1. The number of hydrogen-bond acceptors (Lipinski definition) is 3. The molecule has 0 unspecified atom stereocenters. The normalized spacial score (nSPS) is 13.8. The second kappa shape index (κ2) is 6.12. The maximum Gasteiger partial charge on any atom is 0.256 e. The van der Waals surface area contributed by atoms with Crippen LogP contribution in [0.3, 0.4) is 0 Å². The molecule has 25 heavy (non-hydrogen) atoms. The summed E-state index contributed by atoms with van der Waals surface area (Å²) in [5.41, 5.74) is 4.03. The predicted octanol–water partition coefficient (Wildman–Crippen LogP) is 2.82. The van der Waals surface area contributed by atoms with Crippen molar-refractivity contribution in [3.8, 4) is 11.1 Å². The summed E-state index contributed by atoms with van der Waals surface area (Å²) in [6.45, 7) is 0.932. The molecule has 0 saturated heterocycles. The van der Waals surface area contributed by atoms with Crippen LogP contribution < -0.4 is 0 Å². The summed E-state index contributed by atoms with van der Waals surface area (Å²) in [6.07, 6.45) is 6.04. The van der Waals surface area contributed by atoms with Gasteiger partial charge in [-0.1, -0.05) is 6.07 Å². The predicted molar refractivity (Wildman–Crippen MR) is 91.3 cm³/mol. The van der Waals surface area contributed by atoms with Gasteiger partial charge in [-0.2, -0.15) is 5.10 Å². The fraction of sp³-hybridized carbons (Fsp3) is 0.211. The van der Waals surface area contributed by atoms with Gasteiger partial charge in [-0.3, -0.25) is 14.5 Å². The summed E-state index contributed by atoms with van der Waals surface area (Å²) in [6, 6.07) is 8.23. The summed E-state index contributed by atoms with van der Waals surface area (Å²) in [4.78, 5) is 18.8. The molecule has 6 heteroatoms. The summed E-state index contributed by atoms with van der Waals surface area (Å²) >= 11 is 0. The van der Waals surface area contributed by atoms with Gasteiger partial charge in [0.1, 0.15) is 5.82 Å². The van der Waals surface area contributed by atoms with Crippen LogP contribution in [0.1, 0.15) is 21.6 Å². The van der Waals surface area contributed by atoms with Gasteiger partial charge in [-0.05, 0) is 35.4 Å². The molecule has 0 spiro atoms. The molecule has 0 fully saturated rings. The van der Waals surface area contributed by atoms with Crippen LogP contribution in [0.2, 0.25) is 0 Å². The van der Waals surface area contributed by atoms with E-state index >= 15 is 0 Å². The molecular formula is C19H17FN4O. The highest BCUT2D eigenvalue weighted by molar-refractivity contribution is 5.96. The third-order valence-electron chi connectivity index (χ3n) is 4.47. The first-order chi connectivity index (χ1) is 12.1. The Hall–Kier alpha value is -3.02. The number of rotatable bonds is 3. The molecule has 0 N–H and O–H groups in total. The van der Waals surface area contributed by atoms with Gasteiger partial charge in [0, 0.05) is 44.5 Å². The minimum Gasteiger partial charge on any atom is -0.334 e. The molecular weight excluding hydrogens is 319 g/mol. The van der Waals surface area contributed by atoms with Crippen molar-refractivity contribution in [1.82, 2.24) is 19.7 Å². The van der Waals surface area contributed by atoms with Gasteiger partial charge in [0.05, 0.1) is 17.5 Å². The molecule has 5 nitrogen and oxygen atoms in total. The average Bonchev–Trinajstić information content (AvgIpc) is 3.04. The lowest BCUT2D eigenvalue weighted by Crippen LogP contribution is -2.37. The Kier molecular flexibility index (Phi) is 3.80. The van der Waals surface area contributed by atoms with Crippen molar-refractivity contribution >= 4 is 5.91 Å². The number of hydrogen-bond donors (Lipinski definition) is 0. The monoisotopic (exact) mass is 336 g/mol. The van der Waals surface area contributed by atoms with Crippen LogP contribution in [-0.4, -0.2) is 32.1 Å². The van der Waals surface area contributed by atoms with Crippen LogP contribution in [0, 0.1) is 5.82 Å². The molecule has 1 aliphatic heterocycles. The van der Waals surface area contributed by atoms with Crippen molar-refractivity contribution < 1.29 is 9.18 Å². The van der Waals surface area contributed by atoms with Gasteiger partial charge in [0.15, 0.2) is 0 Å². The fourth-order valence-corrected chi connectivity index (χ4v) is 3.24. The lowest BCUT2D eigenvalue weighted by atomic mass is 9.99. The third kappa shape index (κ3) is 2.91. The van der Waals surface area contributed by atoms with Gasteiger partial charge >= 0.3 is 0 Å². The number of aryl methyl sites for hydroxylation is 1. The van der Waals surface area contributed by atoms with Crippen molar-refractivity contribution in [2.45, 2.75) is 13.0 Å². The minimum atomic E-state index is -0.311. The topological polar surface area (TPSA) is 51.0 Å². The molecule has 3 aromatic rings. The van der Waals surface area contributed by atoms with Crippen molar-refractivity contribution in [3.05, 3.63) is 71.6 Å². The first-order valence-electron chi connectivity index (χ1n) is 8.12. The van der Waals surface area contributed by atoms with Crippen molar-refractivity contribution in [2.75, 3.05) is 6.54 Å². The molecule has 4 rings (SSSR count). The van der Waals surface area contributed by atoms with Crippen LogP contribution in [0.25, 0.3) is 11.1 Å². The maximum absolute atomic E-state index is 13.8. The molecule has 2 aromatic heterocycles. The van der Waals surface area contributed by atoms with Gasteiger partial charge in [0.2, 0.25) is 0 Å².